The number of nitrogens with zero attached hydrogens (tertiary/aromatic N) is 1. The maximum absolute atomic E-state index is 12.0. The molecule has 1 aliphatic heterocycles. The van der Waals surface area contributed by atoms with Crippen LogP contribution in [0.2, 0.25) is 0 Å². The Morgan fingerprint density at radius 2 is 1.75 bits per heavy atom. The predicted octanol–water partition coefficient (Wildman–Crippen LogP) is 0.896. The smallest absolute Gasteiger partial charge is 0.309 e. The molecule has 1 amide bonds. The minimum atomic E-state index is -3.21. The summed E-state index contributed by atoms with van der Waals surface area (Å²) in [4.78, 5) is 24.0. The van der Waals surface area contributed by atoms with Crippen LogP contribution >= 0.6 is 0 Å². The first-order chi connectivity index (χ1) is 11.3. The van der Waals surface area contributed by atoms with Crippen molar-refractivity contribution in [1.82, 2.24) is 9.62 Å². The highest BCUT2D eigenvalue weighted by molar-refractivity contribution is 7.88. The molecule has 24 heavy (non-hydrogen) atoms. The van der Waals surface area contributed by atoms with Crippen LogP contribution in [0.3, 0.4) is 0 Å². The van der Waals surface area contributed by atoms with Gasteiger partial charge in [-0.2, -0.15) is 0 Å². The van der Waals surface area contributed by atoms with E-state index in [1.54, 1.807) is 0 Å². The van der Waals surface area contributed by atoms with E-state index >= 15 is 0 Å². The summed E-state index contributed by atoms with van der Waals surface area (Å²) in [5.41, 5.74) is 0. The summed E-state index contributed by atoms with van der Waals surface area (Å²) in [5, 5.41) is 2.95. The van der Waals surface area contributed by atoms with Gasteiger partial charge in [0.25, 0.3) is 5.91 Å². The Morgan fingerprint density at radius 1 is 1.12 bits per heavy atom. The molecule has 0 bridgehead atoms. The number of sulfonamides is 1. The molecule has 2 rings (SSSR count). The van der Waals surface area contributed by atoms with Crippen molar-refractivity contribution >= 4 is 21.9 Å². The summed E-state index contributed by atoms with van der Waals surface area (Å²) in [6.45, 7) is 2.52. The van der Waals surface area contributed by atoms with Crippen molar-refractivity contribution in [3.63, 3.8) is 0 Å². The van der Waals surface area contributed by atoms with Gasteiger partial charge in [-0.15, -0.1) is 0 Å². The normalized spacial score (nSPS) is 26.8. The van der Waals surface area contributed by atoms with Crippen LogP contribution in [0, 0.1) is 11.8 Å². The Kier molecular flexibility index (Phi) is 6.62. The Morgan fingerprint density at radius 3 is 2.33 bits per heavy atom. The Bertz CT molecular complexity index is 555. The molecule has 2 aliphatic rings. The largest absolute Gasteiger partial charge is 0.455 e. The quantitative estimate of drug-likeness (QED) is 0.735. The molecule has 0 aromatic heterocycles. The number of amides is 1. The van der Waals surface area contributed by atoms with Gasteiger partial charge in [0.2, 0.25) is 10.0 Å². The maximum Gasteiger partial charge on any atom is 0.309 e. The van der Waals surface area contributed by atoms with Crippen LogP contribution in [0.4, 0.5) is 0 Å². The molecule has 7 nitrogen and oxygen atoms in total. The van der Waals surface area contributed by atoms with Crippen molar-refractivity contribution in [3.05, 3.63) is 0 Å². The third-order valence-corrected chi connectivity index (χ3v) is 6.36. The van der Waals surface area contributed by atoms with Gasteiger partial charge in [-0.25, -0.2) is 12.7 Å². The van der Waals surface area contributed by atoms with Gasteiger partial charge in [0.15, 0.2) is 6.61 Å². The number of hydrogen-bond donors (Lipinski definition) is 1. The summed E-state index contributed by atoms with van der Waals surface area (Å²) in [6.07, 6.45) is 6.46. The van der Waals surface area contributed by atoms with Crippen molar-refractivity contribution in [2.75, 3.05) is 26.0 Å². The van der Waals surface area contributed by atoms with Crippen LogP contribution in [0.15, 0.2) is 0 Å². The van der Waals surface area contributed by atoms with Crippen molar-refractivity contribution in [2.45, 2.75) is 51.5 Å². The van der Waals surface area contributed by atoms with Crippen LogP contribution in [0.25, 0.3) is 0 Å². The first kappa shape index (κ1) is 19.2. The van der Waals surface area contributed by atoms with Crippen LogP contribution in [-0.4, -0.2) is 56.6 Å². The van der Waals surface area contributed by atoms with E-state index in [1.165, 1.54) is 17.0 Å². The third kappa shape index (κ3) is 5.44. The van der Waals surface area contributed by atoms with Crippen LogP contribution in [0.5, 0.6) is 0 Å². The number of piperidine rings is 1. The molecule has 1 heterocycles. The molecule has 2 unspecified atom stereocenters. The molecule has 0 aromatic carbocycles. The van der Waals surface area contributed by atoms with Crippen molar-refractivity contribution < 1.29 is 22.7 Å². The van der Waals surface area contributed by atoms with Gasteiger partial charge in [0.05, 0.1) is 12.2 Å². The number of carbonyl (C=O) groups excluding carboxylic acids is 2. The van der Waals surface area contributed by atoms with Gasteiger partial charge in [0, 0.05) is 19.1 Å². The second-order valence-corrected chi connectivity index (χ2v) is 8.96. The SMILES string of the molecule is CC1CCCCC1NC(=O)COC(=O)C1CCN(S(C)(=O)=O)CC1. The van der Waals surface area contributed by atoms with E-state index in [9.17, 15) is 18.0 Å². The Hall–Kier alpha value is -1.15. The number of ether oxygens (including phenoxy) is 1. The highest BCUT2D eigenvalue weighted by Gasteiger charge is 2.30. The summed E-state index contributed by atoms with van der Waals surface area (Å²) in [6, 6.07) is 0.169. The van der Waals surface area contributed by atoms with Crippen molar-refractivity contribution in [1.29, 1.82) is 0 Å². The number of rotatable bonds is 5. The molecule has 1 saturated carbocycles. The summed E-state index contributed by atoms with van der Waals surface area (Å²) in [7, 11) is -3.21. The van der Waals surface area contributed by atoms with Crippen LogP contribution in [0.1, 0.15) is 45.4 Å². The van der Waals surface area contributed by atoms with E-state index in [0.717, 1.165) is 19.3 Å². The molecule has 1 aliphatic carbocycles. The monoisotopic (exact) mass is 360 g/mol. The zero-order chi connectivity index (χ0) is 17.7. The standard InChI is InChI=1S/C16H28N2O5S/c1-12-5-3-4-6-14(12)17-15(19)11-23-16(20)13-7-9-18(10-8-13)24(2,21)22/h12-14H,3-11H2,1-2H3,(H,17,19). The first-order valence-corrected chi connectivity index (χ1v) is 10.5. The topological polar surface area (TPSA) is 92.8 Å². The summed E-state index contributed by atoms with van der Waals surface area (Å²) < 4.78 is 29.4. The highest BCUT2D eigenvalue weighted by Crippen LogP contribution is 2.24. The van der Waals surface area contributed by atoms with Gasteiger partial charge >= 0.3 is 5.97 Å². The second-order valence-electron chi connectivity index (χ2n) is 6.98. The van der Waals surface area contributed by atoms with Gasteiger partial charge in [-0.3, -0.25) is 9.59 Å². The molecule has 0 spiro atoms. The van der Waals surface area contributed by atoms with E-state index in [2.05, 4.69) is 12.2 Å². The number of carbonyl (C=O) groups is 2. The Balaban J connectivity index is 1.70. The minimum absolute atomic E-state index is 0.169. The molecule has 1 N–H and O–H groups in total. The third-order valence-electron chi connectivity index (χ3n) is 5.06. The lowest BCUT2D eigenvalue weighted by atomic mass is 9.86. The highest BCUT2D eigenvalue weighted by atomic mass is 32.2. The molecule has 0 aromatic rings. The molecule has 0 radical (unpaired) electrons. The average molecular weight is 360 g/mol. The van der Waals surface area contributed by atoms with E-state index in [1.807, 2.05) is 0 Å². The van der Waals surface area contributed by atoms with E-state index in [-0.39, 0.29) is 24.5 Å². The molecule has 138 valence electrons. The maximum atomic E-state index is 12.0. The fourth-order valence-electron chi connectivity index (χ4n) is 3.46. The predicted molar refractivity (Wildman–Crippen MR) is 89.7 cm³/mol. The fraction of sp³-hybridized carbons (Fsp3) is 0.875. The van der Waals surface area contributed by atoms with E-state index in [4.69, 9.17) is 4.74 Å². The van der Waals surface area contributed by atoms with Gasteiger partial charge < -0.3 is 10.1 Å². The lowest BCUT2D eigenvalue weighted by molar-refractivity contribution is -0.154. The summed E-state index contributed by atoms with van der Waals surface area (Å²) in [5.74, 6) is -0.534. The number of hydrogen-bond acceptors (Lipinski definition) is 5. The van der Waals surface area contributed by atoms with Gasteiger partial charge in [0.1, 0.15) is 0 Å². The summed E-state index contributed by atoms with van der Waals surface area (Å²) >= 11 is 0. The zero-order valence-electron chi connectivity index (χ0n) is 14.5. The molecule has 2 fully saturated rings. The van der Waals surface area contributed by atoms with Gasteiger partial charge in [-0.1, -0.05) is 19.8 Å². The molecule has 1 saturated heterocycles. The van der Waals surface area contributed by atoms with Crippen molar-refractivity contribution in [3.8, 4) is 0 Å². The van der Waals surface area contributed by atoms with Crippen LogP contribution in [-0.2, 0) is 24.3 Å². The Labute approximate surface area is 144 Å². The zero-order valence-corrected chi connectivity index (χ0v) is 15.3. The minimum Gasteiger partial charge on any atom is -0.455 e. The first-order valence-electron chi connectivity index (χ1n) is 8.68. The van der Waals surface area contributed by atoms with Gasteiger partial charge in [-0.05, 0) is 31.6 Å². The lowest BCUT2D eigenvalue weighted by Gasteiger charge is -2.30. The molecular weight excluding hydrogens is 332 g/mol. The molecule has 2 atom stereocenters. The van der Waals surface area contributed by atoms with E-state index in [0.29, 0.717) is 31.8 Å². The number of esters is 1. The fourth-order valence-corrected chi connectivity index (χ4v) is 4.33. The van der Waals surface area contributed by atoms with Crippen molar-refractivity contribution in [2.24, 2.45) is 11.8 Å². The second kappa shape index (κ2) is 8.29. The van der Waals surface area contributed by atoms with E-state index < -0.39 is 16.0 Å². The number of nitrogens with one attached hydrogen (secondary N) is 1. The average Bonchev–Trinajstić information content (AvgIpc) is 2.54. The molecular formula is C16H28N2O5S. The van der Waals surface area contributed by atoms with Crippen LogP contribution < -0.4 is 5.32 Å². The lowest BCUT2D eigenvalue weighted by Crippen LogP contribution is -2.43. The molecule has 8 heteroatoms.